The van der Waals surface area contributed by atoms with Crippen LogP contribution in [0, 0.1) is 12.7 Å². The summed E-state index contributed by atoms with van der Waals surface area (Å²) in [7, 11) is 0. The maximum Gasteiger partial charge on any atom is 0.230 e. The highest BCUT2D eigenvalue weighted by atomic mass is 32.1. The van der Waals surface area contributed by atoms with E-state index >= 15 is 0 Å². The van der Waals surface area contributed by atoms with Crippen LogP contribution in [0.15, 0.2) is 41.8 Å². The number of halogens is 1. The number of aryl methyl sites for hydroxylation is 1. The number of aromatic nitrogens is 1. The predicted molar refractivity (Wildman–Crippen MR) is 88.9 cm³/mol. The van der Waals surface area contributed by atoms with Crippen molar-refractivity contribution in [2.75, 3.05) is 5.32 Å². The molecule has 0 fully saturated rings. The molecule has 1 aromatic carbocycles. The molecule has 0 unspecified atom stereocenters. The number of carbonyl (C=O) groups is 1. The van der Waals surface area contributed by atoms with Gasteiger partial charge in [-0.1, -0.05) is 18.2 Å². The summed E-state index contributed by atoms with van der Waals surface area (Å²) in [5.74, 6) is -0.639. The summed E-state index contributed by atoms with van der Waals surface area (Å²) >= 11 is 3.03. The van der Waals surface area contributed by atoms with Gasteiger partial charge in [0, 0.05) is 10.3 Å². The summed E-state index contributed by atoms with van der Waals surface area (Å²) in [6, 6.07) is 10.3. The number of hydrogen-bond donors (Lipinski definition) is 1. The Morgan fingerprint density at radius 3 is 2.82 bits per heavy atom. The number of hydrogen-bond acceptors (Lipinski definition) is 4. The van der Waals surface area contributed by atoms with E-state index in [-0.39, 0.29) is 18.1 Å². The van der Waals surface area contributed by atoms with Crippen LogP contribution in [-0.2, 0) is 11.2 Å². The molecule has 1 N–H and O–H groups in total. The molecule has 2 heterocycles. The molecule has 6 heteroatoms. The molecule has 22 heavy (non-hydrogen) atoms. The first-order chi connectivity index (χ1) is 10.6. The molecule has 0 aliphatic rings. The SMILES string of the molecule is Cc1ccc(-c2csc(NC(=O)Cc3ccccc3F)n2)s1. The van der Waals surface area contributed by atoms with Crippen LogP contribution < -0.4 is 5.32 Å². The third-order valence-electron chi connectivity index (χ3n) is 3.05. The molecule has 2 aromatic heterocycles. The van der Waals surface area contributed by atoms with Crippen LogP contribution in [0.2, 0.25) is 0 Å². The molecular weight excluding hydrogens is 319 g/mol. The van der Waals surface area contributed by atoms with E-state index in [0.29, 0.717) is 10.7 Å². The van der Waals surface area contributed by atoms with Gasteiger partial charge >= 0.3 is 0 Å². The average Bonchev–Trinajstić information content (AvgIpc) is 3.10. The molecule has 1 amide bonds. The summed E-state index contributed by atoms with van der Waals surface area (Å²) in [6.45, 7) is 2.04. The third-order valence-corrected chi connectivity index (χ3v) is 4.83. The lowest BCUT2D eigenvalue weighted by Crippen LogP contribution is -2.15. The standard InChI is InChI=1S/C16H13FN2OS2/c1-10-6-7-14(22-10)13-9-21-16(18-13)19-15(20)8-11-4-2-3-5-12(11)17/h2-7,9H,8H2,1H3,(H,18,19,20). The molecule has 0 saturated heterocycles. The molecule has 0 bridgehead atoms. The maximum atomic E-state index is 13.5. The number of thiazole rings is 1. The van der Waals surface area contributed by atoms with Gasteiger partial charge in [-0.2, -0.15) is 0 Å². The van der Waals surface area contributed by atoms with Crippen molar-refractivity contribution in [1.82, 2.24) is 4.98 Å². The summed E-state index contributed by atoms with van der Waals surface area (Å²) in [5, 5.41) is 5.16. The van der Waals surface area contributed by atoms with E-state index in [1.165, 1.54) is 22.3 Å². The first-order valence-corrected chi connectivity index (χ1v) is 8.37. The minimum absolute atomic E-state index is 0.000301. The van der Waals surface area contributed by atoms with Crippen LogP contribution in [0.3, 0.4) is 0 Å². The zero-order valence-corrected chi connectivity index (χ0v) is 13.4. The van der Waals surface area contributed by atoms with Crippen LogP contribution in [0.25, 0.3) is 10.6 Å². The molecule has 0 spiro atoms. The zero-order chi connectivity index (χ0) is 15.5. The predicted octanol–water partition coefficient (Wildman–Crippen LogP) is 4.50. The summed E-state index contributed by atoms with van der Waals surface area (Å²) < 4.78 is 13.5. The van der Waals surface area contributed by atoms with Gasteiger partial charge in [-0.25, -0.2) is 9.37 Å². The molecule has 0 aliphatic heterocycles. The fourth-order valence-corrected chi connectivity index (χ4v) is 3.62. The Bertz CT molecular complexity index is 810. The lowest BCUT2D eigenvalue weighted by molar-refractivity contribution is -0.115. The number of benzene rings is 1. The van der Waals surface area contributed by atoms with Crippen LogP contribution >= 0.6 is 22.7 Å². The number of thiophene rings is 1. The summed E-state index contributed by atoms with van der Waals surface area (Å²) in [4.78, 5) is 18.7. The van der Waals surface area contributed by atoms with Crippen molar-refractivity contribution in [3.63, 3.8) is 0 Å². The van der Waals surface area contributed by atoms with E-state index in [4.69, 9.17) is 0 Å². The highest BCUT2D eigenvalue weighted by Gasteiger charge is 2.11. The quantitative estimate of drug-likeness (QED) is 0.764. The topological polar surface area (TPSA) is 42.0 Å². The van der Waals surface area contributed by atoms with Crippen LogP contribution in [0.5, 0.6) is 0 Å². The van der Waals surface area contributed by atoms with Crippen molar-refractivity contribution in [2.45, 2.75) is 13.3 Å². The van der Waals surface area contributed by atoms with Crippen LogP contribution in [0.1, 0.15) is 10.4 Å². The molecule has 3 nitrogen and oxygen atoms in total. The second-order valence-electron chi connectivity index (χ2n) is 4.76. The highest BCUT2D eigenvalue weighted by molar-refractivity contribution is 7.17. The smallest absolute Gasteiger partial charge is 0.230 e. The number of amides is 1. The van der Waals surface area contributed by atoms with E-state index in [1.54, 1.807) is 29.5 Å². The fourth-order valence-electron chi connectivity index (χ4n) is 1.99. The van der Waals surface area contributed by atoms with Gasteiger partial charge in [0.2, 0.25) is 5.91 Å². The van der Waals surface area contributed by atoms with E-state index in [9.17, 15) is 9.18 Å². The van der Waals surface area contributed by atoms with Gasteiger partial charge in [0.25, 0.3) is 0 Å². The lowest BCUT2D eigenvalue weighted by atomic mass is 10.1. The molecule has 3 aromatic rings. The summed E-state index contributed by atoms with van der Waals surface area (Å²) in [6.07, 6.45) is -0.000301. The second kappa shape index (κ2) is 6.37. The van der Waals surface area contributed by atoms with Gasteiger partial charge in [-0.3, -0.25) is 4.79 Å². The van der Waals surface area contributed by atoms with E-state index < -0.39 is 0 Å². The van der Waals surface area contributed by atoms with E-state index in [1.807, 2.05) is 24.4 Å². The van der Waals surface area contributed by atoms with Crippen molar-refractivity contribution >= 4 is 33.7 Å². The Kier molecular flexibility index (Phi) is 4.31. The van der Waals surface area contributed by atoms with Crippen molar-refractivity contribution in [3.8, 4) is 10.6 Å². The van der Waals surface area contributed by atoms with Gasteiger partial charge in [0.1, 0.15) is 5.82 Å². The minimum atomic E-state index is -0.369. The normalized spacial score (nSPS) is 10.6. The van der Waals surface area contributed by atoms with Gasteiger partial charge in [-0.05, 0) is 30.7 Å². The number of rotatable bonds is 4. The Balaban J connectivity index is 1.67. The monoisotopic (exact) mass is 332 g/mol. The van der Waals surface area contributed by atoms with E-state index in [0.717, 1.165) is 10.6 Å². The molecule has 112 valence electrons. The lowest BCUT2D eigenvalue weighted by Gasteiger charge is -2.03. The van der Waals surface area contributed by atoms with Crippen LogP contribution in [-0.4, -0.2) is 10.9 Å². The molecule has 0 radical (unpaired) electrons. The second-order valence-corrected chi connectivity index (χ2v) is 6.91. The van der Waals surface area contributed by atoms with E-state index in [2.05, 4.69) is 10.3 Å². The van der Waals surface area contributed by atoms with Gasteiger partial charge in [0.15, 0.2) is 5.13 Å². The Hall–Kier alpha value is -2.05. The molecule has 0 atom stereocenters. The largest absolute Gasteiger partial charge is 0.302 e. The average molecular weight is 332 g/mol. The fraction of sp³-hybridized carbons (Fsp3) is 0.125. The highest BCUT2D eigenvalue weighted by Crippen LogP contribution is 2.30. The molecule has 0 saturated carbocycles. The summed E-state index contributed by atoms with van der Waals surface area (Å²) in [5.41, 5.74) is 1.23. The molecule has 3 rings (SSSR count). The maximum absolute atomic E-state index is 13.5. The molecular formula is C16H13FN2OS2. The Labute approximate surface area is 135 Å². The third kappa shape index (κ3) is 3.40. The molecule has 0 aliphatic carbocycles. The number of anilines is 1. The van der Waals surface area contributed by atoms with Crippen LogP contribution in [0.4, 0.5) is 9.52 Å². The Morgan fingerprint density at radius 2 is 2.09 bits per heavy atom. The zero-order valence-electron chi connectivity index (χ0n) is 11.8. The van der Waals surface area contributed by atoms with Crippen molar-refractivity contribution in [1.29, 1.82) is 0 Å². The van der Waals surface area contributed by atoms with Gasteiger partial charge in [-0.15, -0.1) is 22.7 Å². The minimum Gasteiger partial charge on any atom is -0.302 e. The van der Waals surface area contributed by atoms with Gasteiger partial charge < -0.3 is 5.32 Å². The van der Waals surface area contributed by atoms with Crippen molar-refractivity contribution < 1.29 is 9.18 Å². The first-order valence-electron chi connectivity index (χ1n) is 6.67. The van der Waals surface area contributed by atoms with Crippen molar-refractivity contribution in [3.05, 3.63) is 58.0 Å². The van der Waals surface area contributed by atoms with Gasteiger partial charge in [0.05, 0.1) is 17.0 Å². The van der Waals surface area contributed by atoms with Crippen molar-refractivity contribution in [2.24, 2.45) is 0 Å². The number of carbonyl (C=O) groups excluding carboxylic acids is 1. The number of nitrogens with zero attached hydrogens (tertiary/aromatic N) is 1. The number of nitrogens with one attached hydrogen (secondary N) is 1. The Morgan fingerprint density at radius 1 is 1.27 bits per heavy atom. The first kappa shape index (κ1) is 14.9.